The van der Waals surface area contributed by atoms with Gasteiger partial charge in [0.25, 0.3) is 0 Å². The quantitative estimate of drug-likeness (QED) is 0.795. The molecule has 0 aliphatic heterocycles. The molecule has 0 N–H and O–H groups in total. The highest BCUT2D eigenvalue weighted by molar-refractivity contribution is 7.92. The molecule has 0 heterocycles. The summed E-state index contributed by atoms with van der Waals surface area (Å²) in [6.07, 6.45) is 0. The molecule has 0 aliphatic rings. The molecule has 1 rings (SSSR count). The van der Waals surface area contributed by atoms with Crippen molar-refractivity contribution in [3.05, 3.63) is 29.8 Å². The van der Waals surface area contributed by atoms with Crippen LogP contribution in [0.15, 0.2) is 29.2 Å². The first-order valence-electron chi connectivity index (χ1n) is 4.52. The van der Waals surface area contributed by atoms with Crippen LogP contribution in [-0.4, -0.2) is 25.3 Å². The Kier molecular flexibility index (Phi) is 3.88. The lowest BCUT2D eigenvalue weighted by atomic mass is 10.2. The van der Waals surface area contributed by atoms with E-state index in [4.69, 9.17) is 0 Å². The van der Waals surface area contributed by atoms with Gasteiger partial charge in [-0.05, 0) is 30.7 Å². The highest BCUT2D eigenvalue weighted by Gasteiger charge is 2.38. The van der Waals surface area contributed by atoms with Crippen LogP contribution in [0.2, 0.25) is 0 Å². The Hall–Kier alpha value is -1.01. The van der Waals surface area contributed by atoms with Gasteiger partial charge in [0.05, 0.1) is 4.90 Å². The first kappa shape index (κ1) is 14.1. The molecule has 0 aliphatic carbocycles. The van der Waals surface area contributed by atoms with E-state index in [9.17, 15) is 22.0 Å². The summed E-state index contributed by atoms with van der Waals surface area (Å²) in [5.41, 5.74) is 0.818. The van der Waals surface area contributed by atoms with Gasteiger partial charge in [0, 0.05) is 0 Å². The summed E-state index contributed by atoms with van der Waals surface area (Å²) in [5, 5.41) is -4.15. The van der Waals surface area contributed by atoms with Gasteiger partial charge in [-0.2, -0.15) is 8.78 Å². The summed E-state index contributed by atoms with van der Waals surface area (Å²) >= 11 is 4.46. The van der Waals surface area contributed by atoms with Gasteiger partial charge < -0.3 is 0 Å². The summed E-state index contributed by atoms with van der Waals surface area (Å²) in [5.74, 6) is -3.15. The minimum Gasteiger partial charge on any atom is -0.290 e. The number of sulfone groups is 1. The zero-order valence-electron chi connectivity index (χ0n) is 8.78. The SMILES string of the molecule is Cc1ccc(S(=O)(=O)CC(=O)C(F)(F)Cl)cc1. The number of hydrogen-bond donors (Lipinski definition) is 0. The van der Waals surface area contributed by atoms with Crippen molar-refractivity contribution in [2.45, 2.75) is 17.2 Å². The van der Waals surface area contributed by atoms with Gasteiger partial charge in [-0.1, -0.05) is 17.7 Å². The van der Waals surface area contributed by atoms with Crippen LogP contribution >= 0.6 is 11.6 Å². The lowest BCUT2D eigenvalue weighted by molar-refractivity contribution is -0.130. The van der Waals surface area contributed by atoms with Crippen molar-refractivity contribution in [3.8, 4) is 0 Å². The molecule has 0 spiro atoms. The first-order chi connectivity index (χ1) is 7.63. The van der Waals surface area contributed by atoms with Gasteiger partial charge in [0.2, 0.25) is 5.78 Å². The minimum absolute atomic E-state index is 0.183. The van der Waals surface area contributed by atoms with E-state index in [1.54, 1.807) is 6.92 Å². The molecular formula is C10H9ClF2O3S. The standard InChI is InChI=1S/C10H9ClF2O3S/c1-7-2-4-8(5-3-7)17(15,16)6-9(14)10(11,12)13/h2-5H,6H2,1H3. The molecule has 0 fully saturated rings. The molecule has 7 heteroatoms. The zero-order valence-corrected chi connectivity index (χ0v) is 10.4. The number of hydrogen-bond acceptors (Lipinski definition) is 3. The number of halogens is 3. The van der Waals surface area contributed by atoms with E-state index in [-0.39, 0.29) is 4.90 Å². The summed E-state index contributed by atoms with van der Waals surface area (Å²) < 4.78 is 47.9. The lowest BCUT2D eigenvalue weighted by Crippen LogP contribution is -2.29. The molecule has 0 bridgehead atoms. The molecule has 0 saturated carbocycles. The number of ketones is 1. The predicted octanol–water partition coefficient (Wildman–Crippen LogP) is 2.17. The van der Waals surface area contributed by atoms with E-state index in [2.05, 4.69) is 11.6 Å². The summed E-state index contributed by atoms with van der Waals surface area (Å²) in [4.78, 5) is 10.7. The van der Waals surface area contributed by atoms with E-state index in [0.29, 0.717) is 0 Å². The fourth-order valence-electron chi connectivity index (χ4n) is 1.08. The molecule has 17 heavy (non-hydrogen) atoms. The molecule has 94 valence electrons. The highest BCUT2D eigenvalue weighted by Crippen LogP contribution is 2.22. The Morgan fingerprint density at radius 2 is 1.76 bits per heavy atom. The molecule has 0 amide bonds. The van der Waals surface area contributed by atoms with E-state index >= 15 is 0 Å². The Morgan fingerprint density at radius 3 is 2.18 bits per heavy atom. The number of alkyl halides is 3. The molecule has 0 saturated heterocycles. The maximum atomic E-state index is 12.4. The van der Waals surface area contributed by atoms with Crippen molar-refractivity contribution in [2.24, 2.45) is 0 Å². The Balaban J connectivity index is 2.98. The molecule has 0 atom stereocenters. The van der Waals surface area contributed by atoms with Gasteiger partial charge in [0.1, 0.15) is 5.75 Å². The molecule has 0 aromatic heterocycles. The molecule has 0 radical (unpaired) electrons. The predicted molar refractivity (Wildman–Crippen MR) is 59.0 cm³/mol. The van der Waals surface area contributed by atoms with Gasteiger partial charge in [0.15, 0.2) is 9.84 Å². The fraction of sp³-hybridized carbons (Fsp3) is 0.300. The first-order valence-corrected chi connectivity index (χ1v) is 6.55. The van der Waals surface area contributed by atoms with Crippen molar-refractivity contribution in [1.29, 1.82) is 0 Å². The maximum Gasteiger partial charge on any atom is 0.381 e. The summed E-state index contributed by atoms with van der Waals surface area (Å²) in [6, 6.07) is 5.53. The Bertz CT molecular complexity index is 517. The topological polar surface area (TPSA) is 51.2 Å². The number of benzene rings is 1. The third kappa shape index (κ3) is 3.74. The van der Waals surface area contributed by atoms with E-state index in [1.807, 2.05) is 0 Å². The van der Waals surface area contributed by atoms with E-state index < -0.39 is 26.8 Å². The van der Waals surface area contributed by atoms with Gasteiger partial charge in [-0.15, -0.1) is 0 Å². The Morgan fingerprint density at radius 1 is 1.29 bits per heavy atom. The third-order valence-corrected chi connectivity index (χ3v) is 3.86. The molecule has 3 nitrogen and oxygen atoms in total. The smallest absolute Gasteiger partial charge is 0.290 e. The van der Waals surface area contributed by atoms with Crippen LogP contribution < -0.4 is 0 Å². The second kappa shape index (κ2) is 4.70. The van der Waals surface area contributed by atoms with Crippen molar-refractivity contribution >= 4 is 27.2 Å². The van der Waals surface area contributed by atoms with Gasteiger partial charge in [-0.3, -0.25) is 4.79 Å². The van der Waals surface area contributed by atoms with Gasteiger partial charge >= 0.3 is 5.38 Å². The average Bonchev–Trinajstić information content (AvgIpc) is 2.16. The van der Waals surface area contributed by atoms with Crippen LogP contribution in [-0.2, 0) is 14.6 Å². The van der Waals surface area contributed by atoms with E-state index in [0.717, 1.165) is 5.56 Å². The molecule has 0 unspecified atom stereocenters. The number of carbonyl (C=O) groups excluding carboxylic acids is 1. The summed E-state index contributed by atoms with van der Waals surface area (Å²) in [6.45, 7) is 1.74. The minimum atomic E-state index is -4.15. The molecular weight excluding hydrogens is 274 g/mol. The normalized spacial score (nSPS) is 12.5. The highest BCUT2D eigenvalue weighted by atomic mass is 35.5. The monoisotopic (exact) mass is 282 g/mol. The van der Waals surface area contributed by atoms with Crippen LogP contribution in [0.25, 0.3) is 0 Å². The second-order valence-electron chi connectivity index (χ2n) is 3.49. The van der Waals surface area contributed by atoms with Gasteiger partial charge in [-0.25, -0.2) is 8.42 Å². The summed E-state index contributed by atoms with van der Waals surface area (Å²) in [7, 11) is -4.07. The largest absolute Gasteiger partial charge is 0.381 e. The second-order valence-corrected chi connectivity index (χ2v) is 5.96. The maximum absolute atomic E-state index is 12.4. The molecule has 1 aromatic carbocycles. The third-order valence-electron chi connectivity index (χ3n) is 2.02. The zero-order chi connectivity index (χ0) is 13.3. The van der Waals surface area contributed by atoms with Crippen molar-refractivity contribution in [3.63, 3.8) is 0 Å². The van der Waals surface area contributed by atoms with Crippen LogP contribution in [0, 0.1) is 6.92 Å². The van der Waals surface area contributed by atoms with E-state index in [1.165, 1.54) is 24.3 Å². The fourth-order valence-corrected chi connectivity index (χ4v) is 2.47. The molecule has 1 aromatic rings. The van der Waals surface area contributed by atoms with Crippen LogP contribution in [0.3, 0.4) is 0 Å². The van der Waals surface area contributed by atoms with Crippen molar-refractivity contribution < 1.29 is 22.0 Å². The number of aryl methyl sites for hydroxylation is 1. The lowest BCUT2D eigenvalue weighted by Gasteiger charge is -2.07. The Labute approximate surface area is 102 Å². The van der Waals surface area contributed by atoms with Crippen molar-refractivity contribution in [1.82, 2.24) is 0 Å². The number of rotatable bonds is 4. The van der Waals surface area contributed by atoms with Crippen molar-refractivity contribution in [2.75, 3.05) is 5.75 Å². The number of carbonyl (C=O) groups is 1. The number of Topliss-reactive ketones (excluding diaryl/α,β-unsaturated/α-hetero) is 1. The van der Waals surface area contributed by atoms with Crippen LogP contribution in [0.5, 0.6) is 0 Å². The van der Waals surface area contributed by atoms with Crippen LogP contribution in [0.4, 0.5) is 8.78 Å². The average molecular weight is 283 g/mol. The van der Waals surface area contributed by atoms with Crippen LogP contribution in [0.1, 0.15) is 5.56 Å².